The molecular formula is C12H11BrN4O2. The van der Waals surface area contributed by atoms with Gasteiger partial charge >= 0.3 is 0 Å². The molecule has 0 fully saturated rings. The lowest BCUT2D eigenvalue weighted by atomic mass is 10.1. The summed E-state index contributed by atoms with van der Waals surface area (Å²) in [5.74, 6) is -0.542. The van der Waals surface area contributed by atoms with E-state index in [1.54, 1.807) is 12.1 Å². The van der Waals surface area contributed by atoms with Crippen molar-refractivity contribution >= 4 is 27.5 Å². The van der Waals surface area contributed by atoms with E-state index in [-0.39, 0.29) is 12.1 Å². The van der Waals surface area contributed by atoms with Crippen LogP contribution in [0.5, 0.6) is 0 Å². The number of primary amides is 1. The smallest absolute Gasteiger partial charge is 0.267 e. The highest BCUT2D eigenvalue weighted by atomic mass is 79.9. The van der Waals surface area contributed by atoms with Crippen molar-refractivity contribution in [2.45, 2.75) is 6.54 Å². The van der Waals surface area contributed by atoms with E-state index < -0.39 is 5.91 Å². The SMILES string of the molecule is NC(=O)c1ccc(Cn2cncc(Br)c2=O)c(N)c1. The number of nitrogen functional groups attached to an aromatic ring is 1. The van der Waals surface area contributed by atoms with E-state index >= 15 is 0 Å². The highest BCUT2D eigenvalue weighted by Gasteiger charge is 2.07. The molecule has 1 amide bonds. The number of aromatic nitrogens is 2. The molecule has 0 aliphatic rings. The Kier molecular flexibility index (Phi) is 3.66. The van der Waals surface area contributed by atoms with Crippen LogP contribution >= 0.6 is 15.9 Å². The van der Waals surface area contributed by atoms with Crippen LogP contribution in [0.25, 0.3) is 0 Å². The standard InChI is InChI=1S/C12H11BrN4O2/c13-9-4-16-6-17(12(9)19)5-8-2-1-7(11(15)18)3-10(8)14/h1-4,6H,5,14H2,(H2,15,18). The number of rotatable bonds is 3. The van der Waals surface area contributed by atoms with E-state index in [1.165, 1.54) is 23.2 Å². The van der Waals surface area contributed by atoms with Gasteiger partial charge in [0.1, 0.15) is 4.47 Å². The first kappa shape index (κ1) is 13.3. The maximum Gasteiger partial charge on any atom is 0.267 e. The third-order valence-corrected chi connectivity index (χ3v) is 3.17. The second-order valence-corrected chi connectivity index (χ2v) is 4.81. The number of hydrogen-bond donors (Lipinski definition) is 2. The summed E-state index contributed by atoms with van der Waals surface area (Å²) >= 11 is 3.12. The van der Waals surface area contributed by atoms with Crippen LogP contribution in [0.15, 0.2) is 40.0 Å². The number of carbonyl (C=O) groups excluding carboxylic acids is 1. The summed E-state index contributed by atoms with van der Waals surface area (Å²) in [4.78, 5) is 26.8. The molecule has 0 aliphatic heterocycles. The van der Waals surface area contributed by atoms with E-state index in [4.69, 9.17) is 11.5 Å². The van der Waals surface area contributed by atoms with Gasteiger partial charge < -0.3 is 11.5 Å². The van der Waals surface area contributed by atoms with E-state index in [2.05, 4.69) is 20.9 Å². The third kappa shape index (κ3) is 2.82. The lowest BCUT2D eigenvalue weighted by molar-refractivity contribution is 0.100. The van der Waals surface area contributed by atoms with E-state index in [0.29, 0.717) is 21.3 Å². The summed E-state index contributed by atoms with van der Waals surface area (Å²) in [6.07, 6.45) is 2.85. The van der Waals surface area contributed by atoms with Crippen molar-refractivity contribution in [2.75, 3.05) is 5.73 Å². The van der Waals surface area contributed by atoms with Gasteiger partial charge in [-0.05, 0) is 33.6 Å². The van der Waals surface area contributed by atoms with Crippen molar-refractivity contribution in [3.63, 3.8) is 0 Å². The van der Waals surface area contributed by atoms with Gasteiger partial charge in [0.25, 0.3) is 5.56 Å². The van der Waals surface area contributed by atoms with Crippen molar-refractivity contribution in [3.8, 4) is 0 Å². The zero-order chi connectivity index (χ0) is 14.0. The maximum absolute atomic E-state index is 11.8. The number of anilines is 1. The molecule has 0 bridgehead atoms. The summed E-state index contributed by atoms with van der Waals surface area (Å²) in [5.41, 5.74) is 12.3. The summed E-state index contributed by atoms with van der Waals surface area (Å²) in [7, 11) is 0. The Hall–Kier alpha value is -2.15. The molecule has 0 saturated heterocycles. The van der Waals surface area contributed by atoms with Gasteiger partial charge in [-0.15, -0.1) is 0 Å². The molecule has 2 rings (SSSR count). The zero-order valence-electron chi connectivity index (χ0n) is 9.84. The van der Waals surface area contributed by atoms with Crippen LogP contribution in [0.4, 0.5) is 5.69 Å². The van der Waals surface area contributed by atoms with Crippen molar-refractivity contribution < 1.29 is 4.79 Å². The third-order valence-electron chi connectivity index (χ3n) is 2.63. The summed E-state index contributed by atoms with van der Waals surface area (Å²) in [6.45, 7) is 0.274. The van der Waals surface area contributed by atoms with Crippen LogP contribution in [0, 0.1) is 0 Å². The number of halogens is 1. The molecule has 4 N–H and O–H groups in total. The molecule has 0 atom stereocenters. The van der Waals surface area contributed by atoms with Gasteiger partial charge in [-0.25, -0.2) is 4.98 Å². The fourth-order valence-corrected chi connectivity index (χ4v) is 1.96. The summed E-state index contributed by atoms with van der Waals surface area (Å²) in [6, 6.07) is 4.74. The van der Waals surface area contributed by atoms with Crippen LogP contribution in [-0.2, 0) is 6.54 Å². The number of benzene rings is 1. The first-order valence-corrected chi connectivity index (χ1v) is 6.16. The lowest BCUT2D eigenvalue weighted by Crippen LogP contribution is -2.22. The molecular weight excluding hydrogens is 312 g/mol. The zero-order valence-corrected chi connectivity index (χ0v) is 11.4. The molecule has 19 heavy (non-hydrogen) atoms. The minimum Gasteiger partial charge on any atom is -0.398 e. The van der Waals surface area contributed by atoms with Gasteiger partial charge in [0.05, 0.1) is 12.9 Å². The van der Waals surface area contributed by atoms with Crippen LogP contribution in [0.3, 0.4) is 0 Å². The highest BCUT2D eigenvalue weighted by Crippen LogP contribution is 2.15. The molecule has 0 radical (unpaired) electrons. The Morgan fingerprint density at radius 2 is 2.16 bits per heavy atom. The van der Waals surface area contributed by atoms with Gasteiger partial charge in [-0.2, -0.15) is 0 Å². The molecule has 0 spiro atoms. The van der Waals surface area contributed by atoms with E-state index in [0.717, 1.165) is 0 Å². The predicted molar refractivity (Wildman–Crippen MR) is 74.7 cm³/mol. The van der Waals surface area contributed by atoms with Crippen molar-refractivity contribution in [2.24, 2.45) is 5.73 Å². The van der Waals surface area contributed by atoms with Crippen LogP contribution < -0.4 is 17.0 Å². The fraction of sp³-hybridized carbons (Fsp3) is 0.0833. The van der Waals surface area contributed by atoms with E-state index in [9.17, 15) is 9.59 Å². The minimum atomic E-state index is -0.542. The molecule has 1 aromatic carbocycles. The second kappa shape index (κ2) is 5.23. The second-order valence-electron chi connectivity index (χ2n) is 3.95. The molecule has 1 heterocycles. The quantitative estimate of drug-likeness (QED) is 0.813. The number of nitrogens with zero attached hydrogens (tertiary/aromatic N) is 2. The molecule has 0 unspecified atom stereocenters. The van der Waals surface area contributed by atoms with Gasteiger partial charge in [-0.3, -0.25) is 14.2 Å². The lowest BCUT2D eigenvalue weighted by Gasteiger charge is -2.09. The van der Waals surface area contributed by atoms with Gasteiger partial charge in [0.2, 0.25) is 5.91 Å². The van der Waals surface area contributed by atoms with Gasteiger partial charge in [0, 0.05) is 17.4 Å². The topological polar surface area (TPSA) is 104 Å². The number of nitrogens with two attached hydrogens (primary N) is 2. The molecule has 0 saturated carbocycles. The normalized spacial score (nSPS) is 10.4. The molecule has 7 heteroatoms. The number of hydrogen-bond acceptors (Lipinski definition) is 4. The van der Waals surface area contributed by atoms with Crippen molar-refractivity contribution in [1.29, 1.82) is 0 Å². The first-order chi connectivity index (χ1) is 8.99. The Labute approximate surface area is 117 Å². The highest BCUT2D eigenvalue weighted by molar-refractivity contribution is 9.10. The van der Waals surface area contributed by atoms with Gasteiger partial charge in [0.15, 0.2) is 0 Å². The van der Waals surface area contributed by atoms with Crippen molar-refractivity contribution in [3.05, 3.63) is 56.7 Å². The van der Waals surface area contributed by atoms with Crippen molar-refractivity contribution in [1.82, 2.24) is 9.55 Å². The molecule has 0 aliphatic carbocycles. The predicted octanol–water partition coefficient (Wildman–Crippen LogP) is 0.735. The Bertz CT molecular complexity index is 696. The van der Waals surface area contributed by atoms with Gasteiger partial charge in [-0.1, -0.05) is 6.07 Å². The molecule has 6 nitrogen and oxygen atoms in total. The number of carbonyl (C=O) groups is 1. The minimum absolute atomic E-state index is 0.201. The Morgan fingerprint density at radius 3 is 2.79 bits per heavy atom. The Morgan fingerprint density at radius 1 is 1.42 bits per heavy atom. The summed E-state index contributed by atoms with van der Waals surface area (Å²) in [5, 5.41) is 0. The van der Waals surface area contributed by atoms with Crippen LogP contribution in [0.2, 0.25) is 0 Å². The molecule has 1 aromatic heterocycles. The number of amides is 1. The Balaban J connectivity index is 2.36. The fourth-order valence-electron chi connectivity index (χ4n) is 1.61. The molecule has 2 aromatic rings. The molecule has 98 valence electrons. The largest absolute Gasteiger partial charge is 0.398 e. The monoisotopic (exact) mass is 322 g/mol. The van der Waals surface area contributed by atoms with E-state index in [1.807, 2.05) is 0 Å². The first-order valence-electron chi connectivity index (χ1n) is 5.37. The van der Waals surface area contributed by atoms with Crippen LogP contribution in [0.1, 0.15) is 15.9 Å². The average Bonchev–Trinajstić information content (AvgIpc) is 2.37. The van der Waals surface area contributed by atoms with Crippen LogP contribution in [-0.4, -0.2) is 15.5 Å². The summed E-state index contributed by atoms with van der Waals surface area (Å²) < 4.78 is 1.79. The average molecular weight is 323 g/mol. The maximum atomic E-state index is 11.8.